The summed E-state index contributed by atoms with van der Waals surface area (Å²) in [6, 6.07) is 30.0. The summed E-state index contributed by atoms with van der Waals surface area (Å²) in [5, 5.41) is 26.1. The van der Waals surface area contributed by atoms with Crippen LogP contribution in [0.25, 0.3) is 89.7 Å². The van der Waals surface area contributed by atoms with Crippen LogP contribution in [0.1, 0.15) is 41.4 Å². The van der Waals surface area contributed by atoms with Crippen LogP contribution >= 0.6 is 0 Å². The van der Waals surface area contributed by atoms with Gasteiger partial charge in [0.25, 0.3) is 6.47 Å². The summed E-state index contributed by atoms with van der Waals surface area (Å²) in [4.78, 5) is 124. The summed E-state index contributed by atoms with van der Waals surface area (Å²) >= 11 is 0. The Morgan fingerprint density at radius 1 is 0.529 bits per heavy atom. The van der Waals surface area contributed by atoms with Gasteiger partial charge in [0, 0.05) is 21.9 Å². The monoisotopic (exact) mass is 970 g/mol. The number of aromatic amines is 2. The minimum atomic E-state index is -1.35. The molecular weight excluding hydrogens is 952 g/mol. The zero-order chi connectivity index (χ0) is 46.6. The molecule has 0 aliphatic carbocycles. The molecule has 0 saturated carbocycles. The number of aromatic nitrogens is 8. The van der Waals surface area contributed by atoms with Crippen LogP contribution in [0, 0.1) is 12.1 Å². The summed E-state index contributed by atoms with van der Waals surface area (Å²) in [6.07, 6.45) is 0.500. The second kappa shape index (κ2) is 24.6. The number of carboxylic acids is 2. The Labute approximate surface area is 479 Å². The maximum atomic E-state index is 11.8. The molecule has 11 rings (SSSR count). The van der Waals surface area contributed by atoms with E-state index in [-0.39, 0.29) is 177 Å². The number of rotatable bonds is 4. The van der Waals surface area contributed by atoms with Crippen LogP contribution in [0.15, 0.2) is 91.0 Å². The molecule has 320 valence electrons. The van der Waals surface area contributed by atoms with E-state index in [0.29, 0.717) is 67.3 Å². The quantitative estimate of drug-likeness (QED) is 0.0544. The smallest absolute Gasteiger partial charge is 0.545 e. The molecule has 8 bridgehead atoms. The maximum Gasteiger partial charge on any atom is 1.00 e. The van der Waals surface area contributed by atoms with Gasteiger partial charge in [0.05, 0.1) is 28.7 Å². The van der Waals surface area contributed by atoms with E-state index < -0.39 is 23.9 Å². The molecule has 0 fully saturated rings. The van der Waals surface area contributed by atoms with Gasteiger partial charge in [0.1, 0.15) is 34.3 Å². The SMILES string of the molecule is O=C([O-])c1ccc2c(c1)-c1nc-2nc2[nH]c(nc3nc(nc4[nH]c(n1)c1ccc(C(=O)[O-])cc41)-c1cc[c-]cc1-3)c1cc[c-]cc21.O=C=O.O=C=O.O=COc1ccc2c(c1)C(=O)OC2=O.[Na+].[Na+].[Na+].[Na+]. The standard InChI is InChI=1S/C34H16N8O4.C9H4O5.2CO2.4Na/c43-33(44)15-9-11-21-23(13-15)32-40-29(21)38-27-18-6-2-1-5-17(18)25(36-27)35-26-19-7-3-4-8-20(19)28(37-26)39-31-24-14-16(34(45)46)10-12-22(24)30(41-31)42-32;10-4-13-5-1-2-6-7(3-5)9(12)14-8(6)11;2*2-1-3;;;;/h1,4-14H,(H,43,44)(H,45,46)(H2,35,36,37,38,39,40,41,42);1-4H;;;;;;/q-2;;;;4*+1/p-2. The van der Waals surface area contributed by atoms with E-state index in [1.54, 1.807) is 36.4 Å². The molecule has 3 aromatic heterocycles. The average Bonchev–Trinajstić information content (AvgIpc) is 4.10. The molecule has 0 atom stereocenters. The Balaban J connectivity index is 0.000000376. The number of fused-ring (bicyclic) bond motifs is 21. The van der Waals surface area contributed by atoms with Gasteiger partial charge in [-0.15, -0.1) is 0 Å². The first kappa shape index (κ1) is 56.4. The van der Waals surface area contributed by atoms with E-state index in [4.69, 9.17) is 49.1 Å². The number of hydrogen-bond donors (Lipinski definition) is 2. The molecule has 21 nitrogen and oxygen atoms in total. The Morgan fingerprint density at radius 2 is 1.00 bits per heavy atom. The number of cyclic esters (lactones) is 2. The topological polar surface area (TPSA) is 327 Å². The van der Waals surface area contributed by atoms with Gasteiger partial charge in [0.15, 0.2) is 11.6 Å². The Bertz CT molecular complexity index is 3650. The van der Waals surface area contributed by atoms with Gasteiger partial charge in [-0.05, 0) is 53.6 Å². The van der Waals surface area contributed by atoms with Crippen LogP contribution in [-0.2, 0) is 28.7 Å². The van der Waals surface area contributed by atoms with Gasteiger partial charge in [-0.25, -0.2) is 39.5 Å². The van der Waals surface area contributed by atoms with Gasteiger partial charge in [-0.3, -0.25) is 4.79 Å². The number of carbonyl (C=O) groups excluding carboxylic acids is 9. The summed E-state index contributed by atoms with van der Waals surface area (Å²) in [7, 11) is 0. The molecule has 70 heavy (non-hydrogen) atoms. The first-order valence-electron chi connectivity index (χ1n) is 18.5. The molecule has 8 aromatic rings. The number of nitrogens with zero attached hydrogens (tertiary/aromatic N) is 6. The summed E-state index contributed by atoms with van der Waals surface area (Å²) < 4.78 is 8.86. The fourth-order valence-electron chi connectivity index (χ4n) is 7.01. The van der Waals surface area contributed by atoms with E-state index in [9.17, 15) is 34.2 Å². The van der Waals surface area contributed by atoms with Gasteiger partial charge >= 0.3 is 142 Å². The van der Waals surface area contributed by atoms with Crippen molar-refractivity contribution in [2.45, 2.75) is 0 Å². The van der Waals surface area contributed by atoms with Crippen molar-refractivity contribution in [3.05, 3.63) is 125 Å². The van der Waals surface area contributed by atoms with Gasteiger partial charge in [0.2, 0.25) is 0 Å². The Hall–Kier alpha value is -6.23. The average molecular weight is 971 g/mol. The Kier molecular flexibility index (Phi) is 19.8. The van der Waals surface area contributed by atoms with E-state index in [1.165, 1.54) is 42.5 Å². The number of carboxylic acid groups (broad SMARTS) is 2. The minimum absolute atomic E-state index is 0. The molecule has 0 amide bonds. The van der Waals surface area contributed by atoms with E-state index in [0.717, 1.165) is 10.8 Å². The molecule has 6 heterocycles. The number of hydrogen-bond acceptors (Lipinski definition) is 19. The Morgan fingerprint density at radius 3 is 1.61 bits per heavy atom. The van der Waals surface area contributed by atoms with Crippen molar-refractivity contribution in [3.63, 3.8) is 0 Å². The van der Waals surface area contributed by atoms with Crippen molar-refractivity contribution in [1.82, 2.24) is 39.9 Å². The largest absolute Gasteiger partial charge is 1.00 e. The van der Waals surface area contributed by atoms with E-state index in [1.807, 2.05) is 12.1 Å². The van der Waals surface area contributed by atoms with Crippen LogP contribution in [0.2, 0.25) is 0 Å². The maximum absolute atomic E-state index is 11.8. The van der Waals surface area contributed by atoms with Crippen LogP contribution in [0.4, 0.5) is 0 Å². The number of benzene rings is 5. The van der Waals surface area contributed by atoms with Crippen molar-refractivity contribution < 1.29 is 181 Å². The van der Waals surface area contributed by atoms with Crippen molar-refractivity contribution in [3.8, 4) is 51.3 Å². The van der Waals surface area contributed by atoms with E-state index in [2.05, 4.69) is 31.6 Å². The van der Waals surface area contributed by atoms with Crippen LogP contribution in [0.5, 0.6) is 5.75 Å². The molecular formula is C45H18N8Na4O13. The second-order valence-corrected chi connectivity index (χ2v) is 13.4. The summed E-state index contributed by atoms with van der Waals surface area (Å²) in [6.45, 7) is 0.240. The minimum Gasteiger partial charge on any atom is -0.545 e. The number of aromatic carboxylic acids is 2. The normalized spacial score (nSPS) is 10.7. The third-order valence-corrected chi connectivity index (χ3v) is 9.79. The summed E-state index contributed by atoms with van der Waals surface area (Å²) in [5.74, 6) is -2.69. The first-order valence-corrected chi connectivity index (χ1v) is 18.5. The van der Waals surface area contributed by atoms with E-state index >= 15 is 0 Å². The number of carbonyl (C=O) groups is 5. The first-order chi connectivity index (χ1) is 32.0. The molecule has 3 aliphatic rings. The van der Waals surface area contributed by atoms with Gasteiger partial charge in [-0.1, -0.05) is 34.0 Å². The fraction of sp³-hybridized carbons (Fsp3) is 0. The summed E-state index contributed by atoms with van der Waals surface area (Å²) in [5.41, 5.74) is 4.16. The number of nitrogens with one attached hydrogen (secondary N) is 2. The zero-order valence-electron chi connectivity index (χ0n) is 36.7. The molecule has 5 aromatic carbocycles. The molecule has 3 aliphatic heterocycles. The molecule has 0 unspecified atom stereocenters. The van der Waals surface area contributed by atoms with Crippen molar-refractivity contribution in [2.24, 2.45) is 0 Å². The predicted molar refractivity (Wildman–Crippen MR) is 215 cm³/mol. The van der Waals surface area contributed by atoms with Gasteiger partial charge in [-0.2, -0.15) is 67.7 Å². The van der Waals surface area contributed by atoms with Crippen molar-refractivity contribution in [2.75, 3.05) is 0 Å². The third kappa shape index (κ3) is 11.3. The predicted octanol–water partition coefficient (Wildman–Crippen LogP) is -9.42. The number of esters is 2. The number of ether oxygens (including phenoxy) is 2. The molecule has 0 radical (unpaired) electrons. The zero-order valence-corrected chi connectivity index (χ0v) is 44.7. The van der Waals surface area contributed by atoms with Gasteiger partial charge < -0.3 is 39.2 Å². The van der Waals surface area contributed by atoms with Crippen LogP contribution in [-0.4, -0.2) is 82.5 Å². The molecule has 0 spiro atoms. The molecule has 2 N–H and O–H groups in total. The van der Waals surface area contributed by atoms with Crippen LogP contribution in [0.3, 0.4) is 0 Å². The third-order valence-electron chi connectivity index (χ3n) is 9.79. The number of H-pyrrole nitrogens is 2. The molecule has 0 saturated heterocycles. The van der Waals surface area contributed by atoms with Crippen LogP contribution < -0.4 is 133 Å². The van der Waals surface area contributed by atoms with Crippen molar-refractivity contribution >= 4 is 86.8 Å². The fourth-order valence-corrected chi connectivity index (χ4v) is 7.01. The second-order valence-electron chi connectivity index (χ2n) is 13.4. The van der Waals surface area contributed by atoms with Crippen molar-refractivity contribution in [1.29, 1.82) is 0 Å². The molecule has 25 heteroatoms.